The molecule has 1 heterocycles. The highest BCUT2D eigenvalue weighted by atomic mass is 32.1. The Morgan fingerprint density at radius 3 is 2.50 bits per heavy atom. The molecule has 2 aromatic carbocycles. The van der Waals surface area contributed by atoms with Gasteiger partial charge in [-0.1, -0.05) is 12.1 Å². The van der Waals surface area contributed by atoms with Crippen molar-refractivity contribution in [1.29, 1.82) is 5.41 Å². The van der Waals surface area contributed by atoms with E-state index in [4.69, 9.17) is 5.41 Å². The molecule has 7 nitrogen and oxygen atoms in total. The van der Waals surface area contributed by atoms with Gasteiger partial charge in [-0.05, 0) is 53.8 Å². The highest BCUT2D eigenvalue weighted by molar-refractivity contribution is 7.14. The largest absolute Gasteiger partial charge is 0.504 e. The molecule has 5 N–H and O–H groups in total. The van der Waals surface area contributed by atoms with E-state index in [-0.39, 0.29) is 5.56 Å². The number of aromatic hydroxyl groups is 3. The Balaban J connectivity index is 1.64. The quantitative estimate of drug-likeness (QED) is 0.237. The first kappa shape index (κ1) is 19.2. The molecule has 28 heavy (non-hydrogen) atoms. The van der Waals surface area contributed by atoms with Gasteiger partial charge < -0.3 is 20.6 Å². The number of amides is 1. The molecule has 8 heteroatoms. The van der Waals surface area contributed by atoms with Crippen molar-refractivity contribution >= 4 is 34.3 Å². The molecule has 0 unspecified atom stereocenters. The number of carbonyl (C=O) groups excluding carboxylic acids is 1. The summed E-state index contributed by atoms with van der Waals surface area (Å²) in [6.07, 6.45) is 1.82. The van der Waals surface area contributed by atoms with Crippen LogP contribution in [0.2, 0.25) is 0 Å². The highest BCUT2D eigenvalue weighted by Crippen LogP contribution is 2.35. The molecule has 144 valence electrons. The van der Waals surface area contributed by atoms with E-state index < -0.39 is 23.2 Å². The minimum atomic E-state index is -0.658. The van der Waals surface area contributed by atoms with Gasteiger partial charge in [-0.25, -0.2) is 0 Å². The number of benzene rings is 2. The number of hydrogen-bond acceptors (Lipinski definition) is 6. The number of nitrogens with one attached hydrogen (secondary N) is 2. The molecule has 0 aliphatic carbocycles. The summed E-state index contributed by atoms with van der Waals surface area (Å²) in [6, 6.07) is 13.7. The maximum absolute atomic E-state index is 12.2. The SMILES string of the molecule is N=CN(c1cccc(CCNC(=O)c2cc(O)c(O)c(O)c2)c1)c1cccs1. The van der Waals surface area contributed by atoms with Crippen molar-refractivity contribution in [3.8, 4) is 17.2 Å². The Morgan fingerprint density at radius 2 is 1.86 bits per heavy atom. The molecule has 0 spiro atoms. The Morgan fingerprint density at radius 1 is 1.11 bits per heavy atom. The second-order valence-electron chi connectivity index (χ2n) is 5.99. The molecule has 1 amide bonds. The third-order valence-corrected chi connectivity index (χ3v) is 4.96. The van der Waals surface area contributed by atoms with Gasteiger partial charge in [0.05, 0.1) is 6.34 Å². The number of hydrogen-bond donors (Lipinski definition) is 5. The molecule has 0 saturated carbocycles. The van der Waals surface area contributed by atoms with E-state index in [0.29, 0.717) is 13.0 Å². The van der Waals surface area contributed by atoms with Crippen LogP contribution in [0.1, 0.15) is 15.9 Å². The average Bonchev–Trinajstić information content (AvgIpc) is 3.21. The van der Waals surface area contributed by atoms with E-state index >= 15 is 0 Å². The summed E-state index contributed by atoms with van der Waals surface area (Å²) in [5.41, 5.74) is 1.89. The number of carbonyl (C=O) groups is 1. The van der Waals surface area contributed by atoms with E-state index in [1.165, 1.54) is 17.7 Å². The van der Waals surface area contributed by atoms with Gasteiger partial charge in [0.25, 0.3) is 5.91 Å². The van der Waals surface area contributed by atoms with Crippen LogP contribution in [0.5, 0.6) is 17.2 Å². The van der Waals surface area contributed by atoms with E-state index in [9.17, 15) is 20.1 Å². The molecule has 3 aromatic rings. The highest BCUT2D eigenvalue weighted by Gasteiger charge is 2.13. The van der Waals surface area contributed by atoms with Crippen molar-refractivity contribution in [2.24, 2.45) is 0 Å². The topological polar surface area (TPSA) is 117 Å². The molecular formula is C20H19N3O4S. The monoisotopic (exact) mass is 397 g/mol. The van der Waals surface area contributed by atoms with Crippen LogP contribution in [0, 0.1) is 5.41 Å². The standard InChI is InChI=1S/C20H19N3O4S/c21-12-23(18-5-2-8-28-18)15-4-1-3-13(9-15)6-7-22-20(27)14-10-16(24)19(26)17(25)11-14/h1-5,8-12,21,24-26H,6-7H2,(H,22,27). The third-order valence-electron chi connectivity index (χ3n) is 4.09. The minimum absolute atomic E-state index is 0.0502. The first-order chi connectivity index (χ1) is 13.5. The summed E-state index contributed by atoms with van der Waals surface area (Å²) in [7, 11) is 0. The van der Waals surface area contributed by atoms with Crippen molar-refractivity contribution < 1.29 is 20.1 Å². The zero-order chi connectivity index (χ0) is 20.1. The van der Waals surface area contributed by atoms with Gasteiger partial charge in [0, 0.05) is 17.8 Å². The van der Waals surface area contributed by atoms with Crippen molar-refractivity contribution in [1.82, 2.24) is 5.32 Å². The second kappa shape index (κ2) is 8.45. The minimum Gasteiger partial charge on any atom is -0.504 e. The van der Waals surface area contributed by atoms with E-state index in [1.807, 2.05) is 41.8 Å². The van der Waals surface area contributed by atoms with Crippen molar-refractivity contribution in [2.45, 2.75) is 6.42 Å². The summed E-state index contributed by atoms with van der Waals surface area (Å²) in [5.74, 6) is -2.24. The Kier molecular flexibility index (Phi) is 5.81. The fourth-order valence-corrected chi connectivity index (χ4v) is 3.42. The number of anilines is 2. The number of nitrogens with zero attached hydrogens (tertiary/aromatic N) is 1. The number of thiophene rings is 1. The molecule has 0 atom stereocenters. The summed E-state index contributed by atoms with van der Waals surface area (Å²) in [4.78, 5) is 13.9. The first-order valence-corrected chi connectivity index (χ1v) is 9.33. The second-order valence-corrected chi connectivity index (χ2v) is 6.92. The van der Waals surface area contributed by atoms with Gasteiger partial charge in [-0.2, -0.15) is 0 Å². The maximum atomic E-state index is 12.2. The fourth-order valence-electron chi connectivity index (χ4n) is 2.69. The van der Waals surface area contributed by atoms with Crippen LogP contribution in [-0.2, 0) is 6.42 Å². The fraction of sp³-hybridized carbons (Fsp3) is 0.100. The molecule has 1 aromatic heterocycles. The van der Waals surface area contributed by atoms with Gasteiger partial charge >= 0.3 is 0 Å². The number of phenols is 3. The van der Waals surface area contributed by atoms with Crippen LogP contribution in [0.15, 0.2) is 53.9 Å². The Bertz CT molecular complexity index is 966. The zero-order valence-electron chi connectivity index (χ0n) is 14.8. The molecule has 0 saturated heterocycles. The van der Waals surface area contributed by atoms with Gasteiger partial charge in [0.15, 0.2) is 17.2 Å². The van der Waals surface area contributed by atoms with Crippen LogP contribution < -0.4 is 10.2 Å². The summed E-state index contributed by atoms with van der Waals surface area (Å²) in [6.45, 7) is 0.342. The van der Waals surface area contributed by atoms with Crippen LogP contribution in [0.25, 0.3) is 0 Å². The summed E-state index contributed by atoms with van der Waals surface area (Å²) < 4.78 is 0. The van der Waals surface area contributed by atoms with Crippen molar-refractivity contribution in [3.63, 3.8) is 0 Å². The van der Waals surface area contributed by atoms with Crippen LogP contribution >= 0.6 is 11.3 Å². The lowest BCUT2D eigenvalue weighted by Gasteiger charge is -2.18. The number of phenolic OH excluding ortho intramolecular Hbond substituents is 3. The van der Waals surface area contributed by atoms with Crippen LogP contribution in [0.4, 0.5) is 10.7 Å². The predicted octanol–water partition coefficient (Wildman–Crippen LogP) is 3.58. The molecule has 0 fully saturated rings. The van der Waals surface area contributed by atoms with E-state index in [0.717, 1.165) is 28.4 Å². The lowest BCUT2D eigenvalue weighted by Crippen LogP contribution is -2.25. The number of rotatable bonds is 7. The molecule has 0 aliphatic rings. The lowest BCUT2D eigenvalue weighted by molar-refractivity contribution is 0.0953. The van der Waals surface area contributed by atoms with Crippen molar-refractivity contribution in [3.05, 3.63) is 65.0 Å². The maximum Gasteiger partial charge on any atom is 0.251 e. The Labute approximate surface area is 165 Å². The third kappa shape index (κ3) is 4.24. The van der Waals surface area contributed by atoms with Crippen LogP contribution in [-0.4, -0.2) is 34.1 Å². The molecule has 3 rings (SSSR count). The van der Waals surface area contributed by atoms with Gasteiger partial charge in [0.2, 0.25) is 0 Å². The zero-order valence-corrected chi connectivity index (χ0v) is 15.6. The van der Waals surface area contributed by atoms with Crippen molar-refractivity contribution in [2.75, 3.05) is 11.4 Å². The normalized spacial score (nSPS) is 10.4. The first-order valence-electron chi connectivity index (χ1n) is 8.45. The van der Waals surface area contributed by atoms with Gasteiger partial charge in [-0.15, -0.1) is 11.3 Å². The van der Waals surface area contributed by atoms with E-state index in [2.05, 4.69) is 5.32 Å². The van der Waals surface area contributed by atoms with E-state index in [1.54, 1.807) is 4.90 Å². The molecule has 0 aliphatic heterocycles. The van der Waals surface area contributed by atoms with Gasteiger partial charge in [-0.3, -0.25) is 15.1 Å². The predicted molar refractivity (Wildman–Crippen MR) is 109 cm³/mol. The molecule has 0 bridgehead atoms. The Hall–Kier alpha value is -3.52. The lowest BCUT2D eigenvalue weighted by atomic mass is 10.1. The summed E-state index contributed by atoms with van der Waals surface area (Å²) >= 11 is 1.54. The van der Waals surface area contributed by atoms with Crippen LogP contribution in [0.3, 0.4) is 0 Å². The average molecular weight is 397 g/mol. The smallest absolute Gasteiger partial charge is 0.251 e. The molecule has 0 radical (unpaired) electrons. The van der Waals surface area contributed by atoms with Gasteiger partial charge in [0.1, 0.15) is 5.00 Å². The summed E-state index contributed by atoms with van der Waals surface area (Å²) in [5, 5.41) is 41.6. The molecular weight excluding hydrogens is 378 g/mol.